The van der Waals surface area contributed by atoms with Gasteiger partial charge >= 0.3 is 6.09 Å². The normalized spacial score (nSPS) is 16.4. The number of ether oxygens (including phenoxy) is 1. The Morgan fingerprint density at radius 1 is 1.23 bits per heavy atom. The SMILES string of the molecule is CC1(NC(=O)OC(C)(C)C)CCN(c2cnc3c(-c4ccc(Cl)cc4)[nH]nc3n2)CC1. The van der Waals surface area contributed by atoms with Gasteiger partial charge in [-0.2, -0.15) is 5.10 Å². The summed E-state index contributed by atoms with van der Waals surface area (Å²) >= 11 is 5.98. The standard InChI is InChI=1S/C22H27ClN6O2/c1-21(2,3)31-20(30)26-22(4)9-11-29(12-10-22)16-13-24-18-17(27-28-19(18)25-16)14-5-7-15(23)8-6-14/h5-8,13H,9-12H2,1-4H3,(H,26,30)(H,25,27,28). The van der Waals surface area contributed by atoms with Gasteiger partial charge in [-0.3, -0.25) is 5.10 Å². The van der Waals surface area contributed by atoms with Gasteiger partial charge < -0.3 is 15.0 Å². The number of nitrogens with one attached hydrogen (secondary N) is 2. The number of alkyl carbamates (subject to hydrolysis) is 1. The van der Waals surface area contributed by atoms with Crippen molar-refractivity contribution in [3.8, 4) is 11.3 Å². The van der Waals surface area contributed by atoms with Gasteiger partial charge in [0.05, 0.1) is 11.9 Å². The van der Waals surface area contributed by atoms with Crippen LogP contribution in [0.1, 0.15) is 40.5 Å². The summed E-state index contributed by atoms with van der Waals surface area (Å²) < 4.78 is 5.41. The molecule has 0 radical (unpaired) electrons. The third-order valence-corrected chi connectivity index (χ3v) is 5.63. The van der Waals surface area contributed by atoms with E-state index in [1.165, 1.54) is 0 Å². The van der Waals surface area contributed by atoms with Gasteiger partial charge in [0.15, 0.2) is 0 Å². The van der Waals surface area contributed by atoms with Crippen molar-refractivity contribution in [2.75, 3.05) is 18.0 Å². The second-order valence-electron chi connectivity index (χ2n) is 9.18. The van der Waals surface area contributed by atoms with Crippen LogP contribution in [0.3, 0.4) is 0 Å². The molecule has 9 heteroatoms. The summed E-state index contributed by atoms with van der Waals surface area (Å²) in [4.78, 5) is 23.7. The summed E-state index contributed by atoms with van der Waals surface area (Å²) in [7, 11) is 0. The van der Waals surface area contributed by atoms with Gasteiger partial charge in [0.1, 0.15) is 16.9 Å². The second kappa shape index (κ2) is 8.00. The zero-order valence-corrected chi connectivity index (χ0v) is 19.0. The number of H-pyrrole nitrogens is 1. The Morgan fingerprint density at radius 2 is 1.90 bits per heavy atom. The number of rotatable bonds is 3. The largest absolute Gasteiger partial charge is 0.444 e. The number of benzene rings is 1. The molecular formula is C22H27ClN6O2. The van der Waals surface area contributed by atoms with E-state index in [2.05, 4.69) is 32.3 Å². The monoisotopic (exact) mass is 442 g/mol. The fourth-order valence-corrected chi connectivity index (χ4v) is 3.79. The van der Waals surface area contributed by atoms with Gasteiger partial charge in [0, 0.05) is 29.2 Å². The molecule has 0 spiro atoms. The van der Waals surface area contributed by atoms with Crippen LogP contribution in [0.5, 0.6) is 0 Å². The number of hydrogen-bond acceptors (Lipinski definition) is 6. The molecule has 1 aliphatic heterocycles. The van der Waals surface area contributed by atoms with E-state index in [1.807, 2.05) is 45.0 Å². The predicted molar refractivity (Wildman–Crippen MR) is 121 cm³/mol. The first-order chi connectivity index (χ1) is 14.6. The Labute approximate surface area is 186 Å². The average molecular weight is 443 g/mol. The first kappa shape index (κ1) is 21.4. The van der Waals surface area contributed by atoms with Crippen LogP contribution in [-0.2, 0) is 4.74 Å². The van der Waals surface area contributed by atoms with Crippen molar-refractivity contribution in [1.29, 1.82) is 0 Å². The minimum atomic E-state index is -0.513. The van der Waals surface area contributed by atoms with E-state index in [9.17, 15) is 4.79 Å². The zero-order valence-electron chi connectivity index (χ0n) is 18.2. The van der Waals surface area contributed by atoms with Gasteiger partial charge in [-0.25, -0.2) is 14.8 Å². The highest BCUT2D eigenvalue weighted by Gasteiger charge is 2.33. The van der Waals surface area contributed by atoms with Crippen LogP contribution in [0.2, 0.25) is 5.02 Å². The Kier molecular flexibility index (Phi) is 5.51. The van der Waals surface area contributed by atoms with E-state index >= 15 is 0 Å². The number of aromatic nitrogens is 4. The van der Waals surface area contributed by atoms with Gasteiger partial charge in [0.25, 0.3) is 0 Å². The second-order valence-corrected chi connectivity index (χ2v) is 9.62. The van der Waals surface area contributed by atoms with Gasteiger partial charge in [-0.05, 0) is 52.7 Å². The fraction of sp³-hybridized carbons (Fsp3) is 0.455. The number of aromatic amines is 1. The van der Waals surface area contributed by atoms with Crippen molar-refractivity contribution in [3.63, 3.8) is 0 Å². The van der Waals surface area contributed by atoms with Crippen LogP contribution >= 0.6 is 11.6 Å². The van der Waals surface area contributed by atoms with Crippen molar-refractivity contribution in [2.24, 2.45) is 0 Å². The molecule has 0 aliphatic carbocycles. The quantitative estimate of drug-likeness (QED) is 0.617. The van der Waals surface area contributed by atoms with E-state index in [4.69, 9.17) is 21.3 Å². The number of carbonyl (C=O) groups excluding carboxylic acids is 1. The van der Waals surface area contributed by atoms with Crippen LogP contribution in [0.15, 0.2) is 30.5 Å². The molecule has 0 saturated carbocycles. The summed E-state index contributed by atoms with van der Waals surface area (Å²) in [6.07, 6.45) is 2.96. The van der Waals surface area contributed by atoms with Crippen LogP contribution in [0.4, 0.5) is 10.6 Å². The van der Waals surface area contributed by atoms with Crippen LogP contribution in [0, 0.1) is 0 Å². The average Bonchev–Trinajstić information content (AvgIpc) is 3.10. The number of carbonyl (C=O) groups is 1. The van der Waals surface area contributed by atoms with Gasteiger partial charge in [-0.15, -0.1) is 0 Å². The molecular weight excluding hydrogens is 416 g/mol. The molecule has 0 atom stereocenters. The summed E-state index contributed by atoms with van der Waals surface area (Å²) in [5.74, 6) is 0.779. The highest BCUT2D eigenvalue weighted by Crippen LogP contribution is 2.29. The lowest BCUT2D eigenvalue weighted by molar-refractivity contribution is 0.0448. The summed E-state index contributed by atoms with van der Waals surface area (Å²) in [5, 5.41) is 11.1. The Balaban J connectivity index is 1.44. The van der Waals surface area contributed by atoms with Crippen molar-refractivity contribution in [3.05, 3.63) is 35.5 Å². The van der Waals surface area contributed by atoms with Crippen LogP contribution in [0.25, 0.3) is 22.4 Å². The molecule has 2 aromatic heterocycles. The molecule has 1 aliphatic rings. The van der Waals surface area contributed by atoms with Crippen molar-refractivity contribution >= 4 is 34.7 Å². The minimum Gasteiger partial charge on any atom is -0.444 e. The van der Waals surface area contributed by atoms with E-state index < -0.39 is 5.60 Å². The molecule has 3 heterocycles. The van der Waals surface area contributed by atoms with Gasteiger partial charge in [-0.1, -0.05) is 23.7 Å². The molecule has 1 fully saturated rings. The zero-order chi connectivity index (χ0) is 22.2. The third kappa shape index (κ3) is 4.90. The van der Waals surface area contributed by atoms with Crippen molar-refractivity contribution in [1.82, 2.24) is 25.5 Å². The summed E-state index contributed by atoms with van der Waals surface area (Å²) in [6.45, 7) is 9.14. The highest BCUT2D eigenvalue weighted by atomic mass is 35.5. The number of hydrogen-bond donors (Lipinski definition) is 2. The lowest BCUT2D eigenvalue weighted by Crippen LogP contribution is -2.54. The number of halogens is 1. The Morgan fingerprint density at radius 3 is 2.55 bits per heavy atom. The van der Waals surface area contributed by atoms with E-state index in [0.717, 1.165) is 48.5 Å². The highest BCUT2D eigenvalue weighted by molar-refractivity contribution is 6.30. The molecule has 164 valence electrons. The molecule has 8 nitrogen and oxygen atoms in total. The predicted octanol–water partition coefficient (Wildman–Crippen LogP) is 4.56. The topological polar surface area (TPSA) is 96.0 Å². The first-order valence-electron chi connectivity index (χ1n) is 10.4. The molecule has 0 unspecified atom stereocenters. The molecule has 4 rings (SSSR count). The van der Waals surface area contributed by atoms with Crippen LogP contribution in [-0.4, -0.2) is 50.5 Å². The molecule has 1 amide bonds. The van der Waals surface area contributed by atoms with E-state index in [0.29, 0.717) is 10.7 Å². The lowest BCUT2D eigenvalue weighted by atomic mass is 9.90. The van der Waals surface area contributed by atoms with Gasteiger partial charge in [0.2, 0.25) is 5.65 Å². The summed E-state index contributed by atoms with van der Waals surface area (Å²) in [5.41, 5.74) is 2.24. The Bertz CT molecular complexity index is 1080. The lowest BCUT2D eigenvalue weighted by Gasteiger charge is -2.40. The molecule has 0 bridgehead atoms. The number of amides is 1. The molecule has 2 N–H and O–H groups in total. The fourth-order valence-electron chi connectivity index (χ4n) is 3.66. The molecule has 1 aromatic carbocycles. The first-order valence-corrected chi connectivity index (χ1v) is 10.7. The molecule has 3 aromatic rings. The third-order valence-electron chi connectivity index (χ3n) is 5.38. The number of anilines is 1. The van der Waals surface area contributed by atoms with E-state index in [-0.39, 0.29) is 11.6 Å². The molecule has 31 heavy (non-hydrogen) atoms. The van der Waals surface area contributed by atoms with Crippen LogP contribution < -0.4 is 10.2 Å². The van der Waals surface area contributed by atoms with E-state index in [1.54, 1.807) is 6.20 Å². The summed E-state index contributed by atoms with van der Waals surface area (Å²) in [6, 6.07) is 7.52. The Hall–Kier alpha value is -2.87. The smallest absolute Gasteiger partial charge is 0.408 e. The molecule has 1 saturated heterocycles. The maximum atomic E-state index is 12.2. The van der Waals surface area contributed by atoms with Crippen molar-refractivity contribution in [2.45, 2.75) is 51.7 Å². The number of fused-ring (bicyclic) bond motifs is 1. The minimum absolute atomic E-state index is 0.315. The number of nitrogens with zero attached hydrogens (tertiary/aromatic N) is 4. The maximum Gasteiger partial charge on any atom is 0.408 e. The number of piperidine rings is 1. The maximum absolute atomic E-state index is 12.2. The van der Waals surface area contributed by atoms with Crippen molar-refractivity contribution < 1.29 is 9.53 Å².